The van der Waals surface area contributed by atoms with Crippen LogP contribution in [0.4, 0.5) is 0 Å². The molecule has 2 rings (SSSR count). The van der Waals surface area contributed by atoms with Gasteiger partial charge in [0.25, 0.3) is 0 Å². The Kier molecular flexibility index (Phi) is 5.34. The Morgan fingerprint density at radius 2 is 1.85 bits per heavy atom. The van der Waals surface area contributed by atoms with Crippen molar-refractivity contribution in [1.29, 1.82) is 0 Å². The monoisotopic (exact) mass is 294 g/mol. The molecule has 0 saturated carbocycles. The summed E-state index contributed by atoms with van der Waals surface area (Å²) in [5.74, 6) is 0. The van der Waals surface area contributed by atoms with Gasteiger partial charge in [-0.25, -0.2) is 12.7 Å². The van der Waals surface area contributed by atoms with E-state index in [0.717, 1.165) is 26.1 Å². The highest BCUT2D eigenvalue weighted by Crippen LogP contribution is 2.07. The van der Waals surface area contributed by atoms with Gasteiger partial charge in [-0.3, -0.25) is 4.90 Å². The predicted octanol–water partition coefficient (Wildman–Crippen LogP) is 1.67. The molecule has 1 aliphatic heterocycles. The molecule has 1 aromatic carbocycles. The van der Waals surface area contributed by atoms with E-state index in [-0.39, 0.29) is 0 Å². The van der Waals surface area contributed by atoms with Crippen LogP contribution < -0.4 is 0 Å². The maximum absolute atomic E-state index is 11.5. The van der Waals surface area contributed by atoms with E-state index in [9.17, 15) is 8.42 Å². The van der Waals surface area contributed by atoms with Gasteiger partial charge in [-0.1, -0.05) is 42.5 Å². The van der Waals surface area contributed by atoms with Crippen LogP contribution >= 0.6 is 0 Å². The molecule has 4 nitrogen and oxygen atoms in total. The number of benzene rings is 1. The molecule has 1 heterocycles. The molecule has 0 aliphatic carbocycles. The Bertz CT molecular complexity index is 540. The first-order valence-corrected chi connectivity index (χ1v) is 8.79. The highest BCUT2D eigenvalue weighted by molar-refractivity contribution is 7.88. The number of hydrogen-bond acceptors (Lipinski definition) is 3. The number of sulfonamides is 1. The largest absolute Gasteiger partial charge is 0.298 e. The summed E-state index contributed by atoms with van der Waals surface area (Å²) in [5.41, 5.74) is 1.19. The van der Waals surface area contributed by atoms with Crippen LogP contribution in [0.15, 0.2) is 36.4 Å². The Balaban J connectivity index is 1.84. The number of rotatable bonds is 4. The van der Waals surface area contributed by atoms with Crippen molar-refractivity contribution in [3.05, 3.63) is 42.0 Å². The number of nitrogens with zero attached hydrogens (tertiary/aromatic N) is 2. The van der Waals surface area contributed by atoms with Crippen LogP contribution in [-0.4, -0.2) is 56.6 Å². The van der Waals surface area contributed by atoms with Crippen LogP contribution in [0.2, 0.25) is 0 Å². The lowest BCUT2D eigenvalue weighted by molar-refractivity contribution is 0.317. The summed E-state index contributed by atoms with van der Waals surface area (Å²) < 4.78 is 24.7. The average Bonchev–Trinajstić information content (AvgIpc) is 2.65. The summed E-state index contributed by atoms with van der Waals surface area (Å²) in [6.07, 6.45) is 6.44. The van der Waals surface area contributed by atoms with E-state index >= 15 is 0 Å². The SMILES string of the molecule is CS(=O)(=O)N1CCCN(CC=Cc2ccccc2)CC1. The molecule has 0 aromatic heterocycles. The van der Waals surface area contributed by atoms with Crippen LogP contribution in [0, 0.1) is 0 Å². The van der Waals surface area contributed by atoms with Crippen molar-refractivity contribution in [1.82, 2.24) is 9.21 Å². The Labute approximate surface area is 121 Å². The summed E-state index contributed by atoms with van der Waals surface area (Å²) in [6.45, 7) is 3.85. The molecule has 0 N–H and O–H groups in total. The van der Waals surface area contributed by atoms with Gasteiger partial charge >= 0.3 is 0 Å². The average molecular weight is 294 g/mol. The van der Waals surface area contributed by atoms with E-state index in [1.165, 1.54) is 11.8 Å². The molecule has 5 heteroatoms. The topological polar surface area (TPSA) is 40.6 Å². The Morgan fingerprint density at radius 1 is 1.10 bits per heavy atom. The van der Waals surface area contributed by atoms with Gasteiger partial charge in [0, 0.05) is 26.2 Å². The predicted molar refractivity (Wildman–Crippen MR) is 82.9 cm³/mol. The number of hydrogen-bond donors (Lipinski definition) is 0. The molecule has 0 radical (unpaired) electrons. The minimum atomic E-state index is -3.05. The lowest BCUT2D eigenvalue weighted by Gasteiger charge is -2.19. The summed E-state index contributed by atoms with van der Waals surface area (Å²) in [7, 11) is -3.05. The smallest absolute Gasteiger partial charge is 0.211 e. The van der Waals surface area contributed by atoms with Crippen molar-refractivity contribution >= 4 is 16.1 Å². The van der Waals surface area contributed by atoms with Crippen molar-refractivity contribution in [2.24, 2.45) is 0 Å². The summed E-state index contributed by atoms with van der Waals surface area (Å²) in [6, 6.07) is 10.2. The molecule has 0 spiro atoms. The van der Waals surface area contributed by atoms with Crippen molar-refractivity contribution in [2.45, 2.75) is 6.42 Å². The van der Waals surface area contributed by atoms with Crippen LogP contribution in [0.3, 0.4) is 0 Å². The third kappa shape index (κ3) is 4.74. The zero-order chi connectivity index (χ0) is 14.4. The van der Waals surface area contributed by atoms with Crippen molar-refractivity contribution in [3.63, 3.8) is 0 Å². The van der Waals surface area contributed by atoms with Crippen molar-refractivity contribution < 1.29 is 8.42 Å². The highest BCUT2D eigenvalue weighted by Gasteiger charge is 2.20. The fraction of sp³-hybridized carbons (Fsp3) is 0.467. The van der Waals surface area contributed by atoms with Gasteiger partial charge in [-0.15, -0.1) is 0 Å². The Hall–Kier alpha value is -1.17. The molecule has 0 amide bonds. The molecule has 110 valence electrons. The van der Waals surface area contributed by atoms with E-state index in [2.05, 4.69) is 29.2 Å². The van der Waals surface area contributed by atoms with Gasteiger partial charge in [-0.05, 0) is 18.5 Å². The fourth-order valence-electron chi connectivity index (χ4n) is 2.36. The van der Waals surface area contributed by atoms with E-state index in [0.29, 0.717) is 13.1 Å². The zero-order valence-corrected chi connectivity index (χ0v) is 12.7. The van der Waals surface area contributed by atoms with Crippen LogP contribution in [-0.2, 0) is 10.0 Å². The van der Waals surface area contributed by atoms with Crippen LogP contribution in [0.5, 0.6) is 0 Å². The lowest BCUT2D eigenvalue weighted by Crippen LogP contribution is -2.34. The first kappa shape index (κ1) is 15.2. The molecular weight excluding hydrogens is 272 g/mol. The van der Waals surface area contributed by atoms with Crippen LogP contribution in [0.25, 0.3) is 6.08 Å². The zero-order valence-electron chi connectivity index (χ0n) is 11.9. The third-order valence-corrected chi connectivity index (χ3v) is 4.79. The van der Waals surface area contributed by atoms with E-state index in [4.69, 9.17) is 0 Å². The molecule has 1 aliphatic rings. The molecule has 20 heavy (non-hydrogen) atoms. The first-order chi connectivity index (χ1) is 9.55. The quantitative estimate of drug-likeness (QED) is 0.848. The molecule has 0 unspecified atom stereocenters. The summed E-state index contributed by atoms with van der Waals surface area (Å²) in [4.78, 5) is 2.30. The minimum absolute atomic E-state index is 0.595. The second-order valence-corrected chi connectivity index (χ2v) is 7.11. The van der Waals surface area contributed by atoms with Gasteiger partial charge in [-0.2, -0.15) is 0 Å². The van der Waals surface area contributed by atoms with Gasteiger partial charge < -0.3 is 0 Å². The fourth-order valence-corrected chi connectivity index (χ4v) is 3.24. The maximum atomic E-state index is 11.5. The van der Waals surface area contributed by atoms with Gasteiger partial charge in [0.15, 0.2) is 0 Å². The molecule has 1 fully saturated rings. The maximum Gasteiger partial charge on any atom is 0.211 e. The van der Waals surface area contributed by atoms with E-state index in [1.54, 1.807) is 4.31 Å². The second kappa shape index (κ2) is 7.02. The molecule has 1 aromatic rings. The second-order valence-electron chi connectivity index (χ2n) is 5.13. The van der Waals surface area contributed by atoms with Crippen LogP contribution in [0.1, 0.15) is 12.0 Å². The van der Waals surface area contributed by atoms with E-state index in [1.807, 2.05) is 18.2 Å². The summed E-state index contributed by atoms with van der Waals surface area (Å²) in [5, 5.41) is 0. The van der Waals surface area contributed by atoms with Crippen molar-refractivity contribution in [2.75, 3.05) is 39.0 Å². The minimum Gasteiger partial charge on any atom is -0.298 e. The normalized spacial score (nSPS) is 19.2. The first-order valence-electron chi connectivity index (χ1n) is 6.95. The van der Waals surface area contributed by atoms with Gasteiger partial charge in [0.1, 0.15) is 0 Å². The third-order valence-electron chi connectivity index (χ3n) is 3.49. The molecular formula is C15H22N2O2S. The van der Waals surface area contributed by atoms with Crippen molar-refractivity contribution in [3.8, 4) is 0 Å². The summed E-state index contributed by atoms with van der Waals surface area (Å²) >= 11 is 0. The van der Waals surface area contributed by atoms with Gasteiger partial charge in [0.2, 0.25) is 10.0 Å². The molecule has 1 saturated heterocycles. The molecule has 0 bridgehead atoms. The highest BCUT2D eigenvalue weighted by atomic mass is 32.2. The molecule has 0 atom stereocenters. The van der Waals surface area contributed by atoms with Gasteiger partial charge in [0.05, 0.1) is 6.26 Å². The van der Waals surface area contributed by atoms with E-state index < -0.39 is 10.0 Å². The lowest BCUT2D eigenvalue weighted by atomic mass is 10.2. The standard InChI is InChI=1S/C15H22N2O2S/c1-20(18,19)17-12-6-11-16(13-14-17)10-5-9-15-7-3-2-4-8-15/h2-5,7-9H,6,10-14H2,1H3. The Morgan fingerprint density at radius 3 is 2.55 bits per heavy atom.